The number of carbonyl (C=O) groups excluding carboxylic acids is 4. The average molecular weight is 826 g/mol. The molecule has 8 rings (SSSR count). The van der Waals surface area contributed by atoms with Gasteiger partial charge in [0.15, 0.2) is 5.65 Å². The lowest BCUT2D eigenvalue weighted by Crippen LogP contribution is -2.37. The number of benzene rings is 2. The Bertz CT molecular complexity index is 2090. The topological polar surface area (TPSA) is 196 Å². The summed E-state index contributed by atoms with van der Waals surface area (Å²) in [7, 11) is 6.52. The standard InChI is InChI=1S/C31H36N8O.C7H11NO3.C3H6.C2H4O2.C2H6/c1-32-19-29(40)33-12-4-3-7-28-34-18-26(36-28)23-11-10-20-14-22(9-8-21(20)15-23)24-16-25-30(35-17-24)38-31(37-25)27-6-5-13-39(27)2;1-11-7(10)8-6(4-9)5-2-3-5;1-2-3-1;1-4-2-3;1-2/h8-11,14-18,27,32H,3-7,12-13,19H2,1-2H3,(H,33,40)(H,34,36)(H,35,37,38);4-6H,2-3H2,1H3,(H,8,10);1-3H2;2H,1H3;1-2H3. The number of imidazole rings is 2. The fourth-order valence-electron chi connectivity index (χ4n) is 6.50. The lowest BCUT2D eigenvalue weighted by Gasteiger charge is -2.16. The molecule has 2 aromatic carbocycles. The summed E-state index contributed by atoms with van der Waals surface area (Å²) in [6.45, 7) is 6.53. The van der Waals surface area contributed by atoms with Crippen LogP contribution in [0.5, 0.6) is 0 Å². The largest absolute Gasteiger partial charge is 0.471 e. The number of unbranched alkanes of at least 4 members (excludes halogenated alkanes) is 1. The normalized spacial score (nSPS) is 15.6. The highest BCUT2D eigenvalue weighted by molar-refractivity contribution is 5.91. The van der Waals surface area contributed by atoms with Crippen LogP contribution in [0.4, 0.5) is 4.79 Å². The van der Waals surface area contributed by atoms with Crippen molar-refractivity contribution in [2.75, 3.05) is 47.9 Å². The van der Waals surface area contributed by atoms with E-state index in [-0.39, 0.29) is 11.9 Å². The van der Waals surface area contributed by atoms with Gasteiger partial charge in [-0.25, -0.2) is 19.7 Å². The molecule has 60 heavy (non-hydrogen) atoms. The molecule has 15 nitrogen and oxygen atoms in total. The van der Waals surface area contributed by atoms with E-state index in [2.05, 4.69) is 99.8 Å². The Morgan fingerprint density at radius 3 is 2.20 bits per heavy atom. The molecule has 5 aromatic rings. The maximum atomic E-state index is 11.5. The number of carbonyl (C=O) groups is 4. The Hall–Kier alpha value is -5.67. The van der Waals surface area contributed by atoms with E-state index >= 15 is 0 Å². The Morgan fingerprint density at radius 2 is 1.60 bits per heavy atom. The zero-order valence-electron chi connectivity index (χ0n) is 36.0. The van der Waals surface area contributed by atoms with Crippen LogP contribution < -0.4 is 16.0 Å². The van der Waals surface area contributed by atoms with Gasteiger partial charge in [-0.2, -0.15) is 0 Å². The molecule has 15 heteroatoms. The molecule has 2 aliphatic carbocycles. The summed E-state index contributed by atoms with van der Waals surface area (Å²) in [6, 6.07) is 15.2. The number of rotatable bonds is 14. The third-order valence-corrected chi connectivity index (χ3v) is 10.0. The van der Waals surface area contributed by atoms with Gasteiger partial charge < -0.3 is 40.2 Å². The van der Waals surface area contributed by atoms with E-state index in [1.165, 1.54) is 50.7 Å². The summed E-state index contributed by atoms with van der Waals surface area (Å²) in [4.78, 5) is 64.8. The number of aromatic nitrogens is 5. The van der Waals surface area contributed by atoms with Crippen LogP contribution in [0.3, 0.4) is 0 Å². The number of hydrogen-bond acceptors (Lipinski definition) is 11. The molecule has 4 heterocycles. The first-order valence-corrected chi connectivity index (χ1v) is 21.1. The number of nitrogens with zero attached hydrogens (tertiary/aromatic N) is 4. The minimum Gasteiger partial charge on any atom is -0.471 e. The monoisotopic (exact) mass is 825 g/mol. The van der Waals surface area contributed by atoms with Crippen LogP contribution in [-0.2, 0) is 30.3 Å². The van der Waals surface area contributed by atoms with Crippen molar-refractivity contribution in [3.05, 3.63) is 66.5 Å². The molecule has 2 saturated carbocycles. The van der Waals surface area contributed by atoms with Crippen LogP contribution >= 0.6 is 0 Å². The highest BCUT2D eigenvalue weighted by Crippen LogP contribution is 2.33. The number of pyridine rings is 1. The Kier molecular flexibility index (Phi) is 19.6. The quantitative estimate of drug-likeness (QED) is 0.0577. The molecule has 2 unspecified atom stereocenters. The van der Waals surface area contributed by atoms with Crippen LogP contribution in [0.15, 0.2) is 54.9 Å². The lowest BCUT2D eigenvalue weighted by molar-refractivity contribution is -0.126. The lowest BCUT2D eigenvalue weighted by atomic mass is 10.00. The molecular formula is C45H63N9O6. The van der Waals surface area contributed by atoms with Crippen molar-refractivity contribution in [1.82, 2.24) is 45.8 Å². The molecule has 0 bridgehead atoms. The number of methoxy groups -OCH3 is 2. The first-order chi connectivity index (χ1) is 29.3. The van der Waals surface area contributed by atoms with Crippen LogP contribution in [0.1, 0.15) is 89.3 Å². The molecule has 5 N–H and O–H groups in total. The molecule has 0 radical (unpaired) electrons. The number of alkyl carbamates (subject to hydrolysis) is 1. The molecule has 324 valence electrons. The SMILES string of the molecule is C1CC1.CC.CNCC(=O)NCCCCc1ncc(-c2ccc3cc(-c4cnc5nc(C6CCCN6C)[nH]c5c4)ccc3c2)[nH]1.COC(=O)NC(C=O)C1CC1.COC=O. The zero-order valence-corrected chi connectivity index (χ0v) is 36.0. The van der Waals surface area contributed by atoms with Gasteiger partial charge in [-0.1, -0.05) is 57.4 Å². The number of aryl methyl sites for hydroxylation is 1. The molecule has 0 spiro atoms. The van der Waals surface area contributed by atoms with Gasteiger partial charge in [0.05, 0.1) is 50.3 Å². The number of hydrogen-bond donors (Lipinski definition) is 5. The summed E-state index contributed by atoms with van der Waals surface area (Å²) >= 11 is 0. The summed E-state index contributed by atoms with van der Waals surface area (Å²) in [5, 5.41) is 10.6. The van der Waals surface area contributed by atoms with Gasteiger partial charge in [0.1, 0.15) is 17.9 Å². The molecule has 3 aliphatic rings. The first kappa shape index (κ1) is 47.0. The Labute approximate surface area is 353 Å². The molecular weight excluding hydrogens is 763 g/mol. The molecule has 3 aromatic heterocycles. The molecule has 1 aliphatic heterocycles. The van der Waals surface area contributed by atoms with E-state index in [0.29, 0.717) is 31.5 Å². The smallest absolute Gasteiger partial charge is 0.407 e. The third-order valence-electron chi connectivity index (χ3n) is 10.0. The number of fused-ring (bicyclic) bond motifs is 2. The van der Waals surface area contributed by atoms with Gasteiger partial charge in [0.25, 0.3) is 6.47 Å². The number of amides is 2. The van der Waals surface area contributed by atoms with Crippen molar-refractivity contribution in [2.45, 2.75) is 90.1 Å². The highest BCUT2D eigenvalue weighted by Gasteiger charge is 2.32. The van der Waals surface area contributed by atoms with Crippen molar-refractivity contribution >= 4 is 46.7 Å². The van der Waals surface area contributed by atoms with E-state index in [0.717, 1.165) is 96.6 Å². The van der Waals surface area contributed by atoms with Gasteiger partial charge in [0, 0.05) is 30.3 Å². The van der Waals surface area contributed by atoms with E-state index in [4.69, 9.17) is 9.78 Å². The first-order valence-electron chi connectivity index (χ1n) is 21.1. The molecule has 1 saturated heterocycles. The summed E-state index contributed by atoms with van der Waals surface area (Å²) < 4.78 is 8.21. The summed E-state index contributed by atoms with van der Waals surface area (Å²) in [6.07, 6.45) is 15.7. The second kappa shape index (κ2) is 25.1. The average Bonchev–Trinajstić information content (AvgIpc) is 4.21. The van der Waals surface area contributed by atoms with Crippen molar-refractivity contribution < 1.29 is 28.7 Å². The predicted octanol–water partition coefficient (Wildman–Crippen LogP) is 6.90. The van der Waals surface area contributed by atoms with E-state index < -0.39 is 6.09 Å². The predicted molar refractivity (Wildman–Crippen MR) is 235 cm³/mol. The number of likely N-dealkylation sites (N-methyl/N-ethyl adjacent to an activating group) is 1. The Balaban J connectivity index is 0.000000327. The van der Waals surface area contributed by atoms with Gasteiger partial charge in [-0.15, -0.1) is 0 Å². The highest BCUT2D eigenvalue weighted by atomic mass is 16.5. The number of H-pyrrole nitrogens is 2. The fourth-order valence-corrected chi connectivity index (χ4v) is 6.50. The second-order valence-electron chi connectivity index (χ2n) is 14.7. The van der Waals surface area contributed by atoms with E-state index in [1.807, 2.05) is 26.2 Å². The maximum Gasteiger partial charge on any atom is 0.407 e. The van der Waals surface area contributed by atoms with Crippen molar-refractivity contribution in [1.29, 1.82) is 0 Å². The summed E-state index contributed by atoms with van der Waals surface area (Å²) in [5.41, 5.74) is 6.10. The number of ether oxygens (including phenoxy) is 2. The van der Waals surface area contributed by atoms with Gasteiger partial charge in [0.2, 0.25) is 5.91 Å². The number of likely N-dealkylation sites (tertiary alicyclic amines) is 1. The number of aromatic amines is 2. The van der Waals surface area contributed by atoms with Crippen molar-refractivity contribution in [2.24, 2.45) is 5.92 Å². The van der Waals surface area contributed by atoms with Crippen LogP contribution in [0.2, 0.25) is 0 Å². The molecule has 2 atom stereocenters. The Morgan fingerprint density at radius 1 is 0.900 bits per heavy atom. The fraction of sp³-hybridized carbons (Fsp3) is 0.489. The van der Waals surface area contributed by atoms with Crippen molar-refractivity contribution in [3.63, 3.8) is 0 Å². The van der Waals surface area contributed by atoms with E-state index in [9.17, 15) is 14.4 Å². The number of aldehydes is 1. The van der Waals surface area contributed by atoms with Crippen LogP contribution in [0, 0.1) is 5.92 Å². The van der Waals surface area contributed by atoms with Crippen LogP contribution in [0.25, 0.3) is 44.3 Å². The van der Waals surface area contributed by atoms with Gasteiger partial charge >= 0.3 is 6.09 Å². The maximum absolute atomic E-state index is 11.5. The van der Waals surface area contributed by atoms with Gasteiger partial charge in [-0.05, 0) is 99.6 Å². The number of nitrogens with one attached hydrogen (secondary N) is 5. The van der Waals surface area contributed by atoms with Crippen molar-refractivity contribution in [3.8, 4) is 22.4 Å². The molecule has 3 fully saturated rings. The van der Waals surface area contributed by atoms with Crippen LogP contribution in [-0.4, -0.2) is 109 Å². The minimum absolute atomic E-state index is 0.0307. The summed E-state index contributed by atoms with van der Waals surface area (Å²) in [5.74, 6) is 2.35. The third kappa shape index (κ3) is 14.9. The zero-order chi connectivity index (χ0) is 43.3. The second-order valence-corrected chi connectivity index (χ2v) is 14.7. The van der Waals surface area contributed by atoms with Gasteiger partial charge in [-0.3, -0.25) is 14.5 Å². The molecule has 2 amide bonds. The minimum atomic E-state index is -0.533. The van der Waals surface area contributed by atoms with E-state index in [1.54, 1.807) is 7.05 Å².